The molecule has 1 aromatic heterocycles. The van der Waals surface area contributed by atoms with Gasteiger partial charge >= 0.3 is 0 Å². The fourth-order valence-electron chi connectivity index (χ4n) is 2.48. The molecule has 1 aliphatic heterocycles. The molecule has 0 radical (unpaired) electrons. The van der Waals surface area contributed by atoms with Crippen LogP contribution in [0.1, 0.15) is 35.8 Å². The third kappa shape index (κ3) is 3.67. The van der Waals surface area contributed by atoms with Gasteiger partial charge in [-0.2, -0.15) is 0 Å². The van der Waals surface area contributed by atoms with Crippen molar-refractivity contribution in [2.75, 3.05) is 25.9 Å². The average Bonchev–Trinajstić information content (AvgIpc) is 2.38. The highest BCUT2D eigenvalue weighted by Gasteiger charge is 2.19. The van der Waals surface area contributed by atoms with Gasteiger partial charge in [-0.25, -0.2) is 4.98 Å². The normalized spacial score (nSPS) is 20.2. The summed E-state index contributed by atoms with van der Waals surface area (Å²) in [5.74, 6) is 0.356. The third-order valence-corrected chi connectivity index (χ3v) is 3.48. The van der Waals surface area contributed by atoms with Crippen molar-refractivity contribution in [3.05, 3.63) is 23.4 Å². The first kappa shape index (κ1) is 13.8. The Morgan fingerprint density at radius 2 is 2.37 bits per heavy atom. The van der Waals surface area contributed by atoms with Crippen molar-refractivity contribution in [1.82, 2.24) is 15.2 Å². The Hall–Kier alpha value is -1.62. The standard InChI is InChI=1S/C14H22N4O/c1-3-11-7-10(8-13(15)16-11)14(19)17-12-5-4-6-18(2)9-12/h7-8,12H,3-6,9H2,1-2H3,(H2,15,16)(H,17,19). The molecule has 1 aliphatic rings. The van der Waals surface area contributed by atoms with Gasteiger partial charge in [-0.1, -0.05) is 6.92 Å². The van der Waals surface area contributed by atoms with Gasteiger partial charge in [-0.05, 0) is 45.0 Å². The fraction of sp³-hybridized carbons (Fsp3) is 0.571. The second-order valence-electron chi connectivity index (χ2n) is 5.20. The fourth-order valence-corrected chi connectivity index (χ4v) is 2.48. The molecule has 1 aromatic rings. The Labute approximate surface area is 114 Å². The zero-order chi connectivity index (χ0) is 13.8. The van der Waals surface area contributed by atoms with E-state index in [9.17, 15) is 4.79 Å². The molecule has 5 nitrogen and oxygen atoms in total. The van der Waals surface area contributed by atoms with Crippen molar-refractivity contribution >= 4 is 11.7 Å². The number of nitrogens with zero attached hydrogens (tertiary/aromatic N) is 2. The molecule has 2 heterocycles. The van der Waals surface area contributed by atoms with Gasteiger partial charge in [0.1, 0.15) is 5.82 Å². The monoisotopic (exact) mass is 262 g/mol. The summed E-state index contributed by atoms with van der Waals surface area (Å²) in [4.78, 5) is 18.7. The van der Waals surface area contributed by atoms with Crippen molar-refractivity contribution < 1.29 is 4.79 Å². The van der Waals surface area contributed by atoms with E-state index in [4.69, 9.17) is 5.73 Å². The van der Waals surface area contributed by atoms with E-state index in [0.29, 0.717) is 11.4 Å². The Kier molecular flexibility index (Phi) is 4.37. The maximum absolute atomic E-state index is 12.2. The molecule has 3 N–H and O–H groups in total. The number of hydrogen-bond acceptors (Lipinski definition) is 4. The number of anilines is 1. The number of nitrogens with two attached hydrogens (primary N) is 1. The molecule has 1 saturated heterocycles. The first-order valence-electron chi connectivity index (χ1n) is 6.84. The number of piperidine rings is 1. The topological polar surface area (TPSA) is 71.2 Å². The molecule has 5 heteroatoms. The van der Waals surface area contributed by atoms with Gasteiger partial charge < -0.3 is 16.0 Å². The summed E-state index contributed by atoms with van der Waals surface area (Å²) in [7, 11) is 2.08. The van der Waals surface area contributed by atoms with Gasteiger partial charge in [-0.15, -0.1) is 0 Å². The smallest absolute Gasteiger partial charge is 0.251 e. The number of nitrogen functional groups attached to an aromatic ring is 1. The first-order valence-corrected chi connectivity index (χ1v) is 6.84. The van der Waals surface area contributed by atoms with Crippen LogP contribution in [0.3, 0.4) is 0 Å². The van der Waals surface area contributed by atoms with Crippen molar-refractivity contribution in [1.29, 1.82) is 0 Å². The third-order valence-electron chi connectivity index (χ3n) is 3.48. The number of amides is 1. The highest BCUT2D eigenvalue weighted by atomic mass is 16.1. The summed E-state index contributed by atoms with van der Waals surface area (Å²) in [5, 5.41) is 3.08. The van der Waals surface area contributed by atoms with Gasteiger partial charge in [0, 0.05) is 23.8 Å². The molecule has 0 saturated carbocycles. The second kappa shape index (κ2) is 6.02. The van der Waals surface area contributed by atoms with Crippen molar-refractivity contribution in [3.8, 4) is 0 Å². The van der Waals surface area contributed by atoms with Crippen LogP contribution in [-0.2, 0) is 6.42 Å². The summed E-state index contributed by atoms with van der Waals surface area (Å²) in [6.07, 6.45) is 2.94. The van der Waals surface area contributed by atoms with E-state index in [1.165, 1.54) is 0 Å². The number of likely N-dealkylation sites (tertiary alicyclic amines) is 1. The minimum atomic E-state index is -0.0518. The number of carbonyl (C=O) groups excluding carboxylic acids is 1. The van der Waals surface area contributed by atoms with Crippen molar-refractivity contribution in [3.63, 3.8) is 0 Å². The lowest BCUT2D eigenvalue weighted by Crippen LogP contribution is -2.46. The Morgan fingerprint density at radius 3 is 3.05 bits per heavy atom. The van der Waals surface area contributed by atoms with Crippen LogP contribution in [0.4, 0.5) is 5.82 Å². The molecule has 1 unspecified atom stereocenters. The number of hydrogen-bond donors (Lipinski definition) is 2. The first-order chi connectivity index (χ1) is 9.08. The number of aromatic nitrogens is 1. The number of rotatable bonds is 3. The van der Waals surface area contributed by atoms with E-state index in [1.54, 1.807) is 6.07 Å². The van der Waals surface area contributed by atoms with E-state index in [-0.39, 0.29) is 11.9 Å². The number of nitrogens with one attached hydrogen (secondary N) is 1. The lowest BCUT2D eigenvalue weighted by atomic mass is 10.1. The van der Waals surface area contributed by atoms with Crippen LogP contribution in [0.2, 0.25) is 0 Å². The van der Waals surface area contributed by atoms with Gasteiger partial charge in [0.15, 0.2) is 0 Å². The minimum Gasteiger partial charge on any atom is -0.384 e. The number of likely N-dealkylation sites (N-methyl/N-ethyl adjacent to an activating group) is 1. The summed E-state index contributed by atoms with van der Waals surface area (Å²) < 4.78 is 0. The molecular weight excluding hydrogens is 240 g/mol. The van der Waals surface area contributed by atoms with E-state index in [2.05, 4.69) is 22.2 Å². The predicted molar refractivity (Wildman–Crippen MR) is 76.0 cm³/mol. The second-order valence-corrected chi connectivity index (χ2v) is 5.20. The SMILES string of the molecule is CCc1cc(C(=O)NC2CCCN(C)C2)cc(N)n1. The van der Waals surface area contributed by atoms with Crippen LogP contribution >= 0.6 is 0 Å². The van der Waals surface area contributed by atoms with Gasteiger partial charge in [0.25, 0.3) is 5.91 Å². The van der Waals surface area contributed by atoms with E-state index in [1.807, 2.05) is 13.0 Å². The quantitative estimate of drug-likeness (QED) is 0.854. The highest BCUT2D eigenvalue weighted by molar-refractivity contribution is 5.95. The van der Waals surface area contributed by atoms with Crippen molar-refractivity contribution in [2.24, 2.45) is 0 Å². The zero-order valence-electron chi connectivity index (χ0n) is 11.6. The molecule has 1 fully saturated rings. The maximum Gasteiger partial charge on any atom is 0.251 e. The molecule has 0 bridgehead atoms. The zero-order valence-corrected chi connectivity index (χ0v) is 11.6. The number of aryl methyl sites for hydroxylation is 1. The van der Waals surface area contributed by atoms with Crippen LogP contribution in [0.25, 0.3) is 0 Å². The van der Waals surface area contributed by atoms with E-state index >= 15 is 0 Å². The van der Waals surface area contributed by atoms with Crippen LogP contribution < -0.4 is 11.1 Å². The lowest BCUT2D eigenvalue weighted by molar-refractivity contribution is 0.0912. The summed E-state index contributed by atoms with van der Waals surface area (Å²) >= 11 is 0. The molecule has 0 aliphatic carbocycles. The average molecular weight is 262 g/mol. The molecule has 19 heavy (non-hydrogen) atoms. The Morgan fingerprint density at radius 1 is 1.58 bits per heavy atom. The molecule has 1 amide bonds. The van der Waals surface area contributed by atoms with E-state index < -0.39 is 0 Å². The van der Waals surface area contributed by atoms with Gasteiger partial charge in [0.05, 0.1) is 0 Å². The highest BCUT2D eigenvalue weighted by Crippen LogP contribution is 2.11. The van der Waals surface area contributed by atoms with Gasteiger partial charge in [-0.3, -0.25) is 4.79 Å². The molecular formula is C14H22N4O. The molecule has 2 rings (SSSR count). The number of carbonyl (C=O) groups is 1. The van der Waals surface area contributed by atoms with Crippen molar-refractivity contribution in [2.45, 2.75) is 32.2 Å². The minimum absolute atomic E-state index is 0.0518. The van der Waals surface area contributed by atoms with Crippen LogP contribution in [-0.4, -0.2) is 42.0 Å². The molecule has 104 valence electrons. The molecule has 0 spiro atoms. The summed E-state index contributed by atoms with van der Waals surface area (Å²) in [6, 6.07) is 3.69. The number of pyridine rings is 1. The van der Waals surface area contributed by atoms with Crippen LogP contribution in [0, 0.1) is 0 Å². The largest absolute Gasteiger partial charge is 0.384 e. The van der Waals surface area contributed by atoms with Crippen LogP contribution in [0.5, 0.6) is 0 Å². The molecule has 0 aromatic carbocycles. The van der Waals surface area contributed by atoms with Gasteiger partial charge in [0.2, 0.25) is 0 Å². The lowest BCUT2D eigenvalue weighted by Gasteiger charge is -2.30. The molecule has 1 atom stereocenters. The Balaban J connectivity index is 2.05. The summed E-state index contributed by atoms with van der Waals surface area (Å²) in [5.41, 5.74) is 7.19. The summed E-state index contributed by atoms with van der Waals surface area (Å²) in [6.45, 7) is 4.01. The Bertz CT molecular complexity index is 461. The van der Waals surface area contributed by atoms with E-state index in [0.717, 1.165) is 38.0 Å². The van der Waals surface area contributed by atoms with Crippen LogP contribution in [0.15, 0.2) is 12.1 Å². The maximum atomic E-state index is 12.2. The predicted octanol–water partition coefficient (Wildman–Crippen LogP) is 1.05.